The summed E-state index contributed by atoms with van der Waals surface area (Å²) in [4.78, 5) is 0. The zero-order valence-electron chi connectivity index (χ0n) is 12.5. The summed E-state index contributed by atoms with van der Waals surface area (Å²) in [6, 6.07) is 0. The molecule has 0 heterocycles. The summed E-state index contributed by atoms with van der Waals surface area (Å²) in [6.07, 6.45) is 15.1. The predicted octanol–water partition coefficient (Wildman–Crippen LogP) is 3.40. The van der Waals surface area contributed by atoms with Crippen LogP contribution >= 0.6 is 0 Å². The van der Waals surface area contributed by atoms with E-state index in [0.717, 1.165) is 19.3 Å². The van der Waals surface area contributed by atoms with Crippen molar-refractivity contribution in [3.8, 4) is 0 Å². The first-order chi connectivity index (χ1) is 9.31. The van der Waals surface area contributed by atoms with E-state index in [1.54, 1.807) is 0 Å². The molecule has 3 nitrogen and oxygen atoms in total. The lowest BCUT2D eigenvalue weighted by molar-refractivity contribution is 0.0860. The van der Waals surface area contributed by atoms with Gasteiger partial charge in [-0.05, 0) is 12.8 Å². The maximum Gasteiger partial charge on any atom is 0.0770 e. The molecule has 0 fully saturated rings. The van der Waals surface area contributed by atoms with E-state index in [4.69, 9.17) is 10.2 Å². The zero-order chi connectivity index (χ0) is 14.2. The normalized spacial score (nSPS) is 12.8. The van der Waals surface area contributed by atoms with E-state index in [1.807, 2.05) is 0 Å². The standard InChI is InChI=1S/C16H34O3/c17-14-12-10-8-6-4-2-1-3-5-7-9-11-13-16(19)15-18/h16-19H,1-15H2/t16-/m0/s1. The maximum absolute atomic E-state index is 9.17. The van der Waals surface area contributed by atoms with Crippen molar-refractivity contribution in [2.45, 2.75) is 89.6 Å². The van der Waals surface area contributed by atoms with Gasteiger partial charge in [0.2, 0.25) is 0 Å². The molecule has 0 spiro atoms. The second-order valence-electron chi connectivity index (χ2n) is 5.59. The highest BCUT2D eigenvalue weighted by Crippen LogP contribution is 2.12. The van der Waals surface area contributed by atoms with Crippen molar-refractivity contribution in [1.82, 2.24) is 0 Å². The van der Waals surface area contributed by atoms with Crippen LogP contribution in [0.4, 0.5) is 0 Å². The smallest absolute Gasteiger partial charge is 0.0770 e. The lowest BCUT2D eigenvalue weighted by atomic mass is 10.0. The van der Waals surface area contributed by atoms with Crippen LogP contribution in [0.25, 0.3) is 0 Å². The summed E-state index contributed by atoms with van der Waals surface area (Å²) in [5.41, 5.74) is 0. The molecule has 0 aliphatic carbocycles. The van der Waals surface area contributed by atoms with Gasteiger partial charge in [-0.25, -0.2) is 0 Å². The SMILES string of the molecule is OCCCCCCCCCCCCCC[C@H](O)CO. The van der Waals surface area contributed by atoms with E-state index in [2.05, 4.69) is 0 Å². The van der Waals surface area contributed by atoms with E-state index in [9.17, 15) is 5.11 Å². The van der Waals surface area contributed by atoms with E-state index < -0.39 is 6.10 Å². The molecule has 0 aliphatic heterocycles. The molecule has 19 heavy (non-hydrogen) atoms. The van der Waals surface area contributed by atoms with Gasteiger partial charge in [-0.2, -0.15) is 0 Å². The highest BCUT2D eigenvalue weighted by atomic mass is 16.3. The van der Waals surface area contributed by atoms with E-state index in [1.165, 1.54) is 64.2 Å². The van der Waals surface area contributed by atoms with Crippen molar-refractivity contribution in [2.75, 3.05) is 13.2 Å². The molecule has 3 heteroatoms. The molecule has 0 bridgehead atoms. The van der Waals surface area contributed by atoms with Crippen LogP contribution < -0.4 is 0 Å². The number of aliphatic hydroxyl groups is 3. The maximum atomic E-state index is 9.17. The Labute approximate surface area is 119 Å². The number of hydrogen-bond acceptors (Lipinski definition) is 3. The predicted molar refractivity (Wildman–Crippen MR) is 80.2 cm³/mol. The minimum Gasteiger partial charge on any atom is -0.396 e. The fourth-order valence-electron chi connectivity index (χ4n) is 2.35. The Kier molecular flexibility index (Phi) is 15.8. The van der Waals surface area contributed by atoms with Gasteiger partial charge in [0.15, 0.2) is 0 Å². The van der Waals surface area contributed by atoms with Crippen LogP contribution in [0.5, 0.6) is 0 Å². The number of rotatable bonds is 15. The van der Waals surface area contributed by atoms with Crippen LogP contribution in [0.2, 0.25) is 0 Å². The van der Waals surface area contributed by atoms with Crippen molar-refractivity contribution < 1.29 is 15.3 Å². The van der Waals surface area contributed by atoms with Gasteiger partial charge >= 0.3 is 0 Å². The van der Waals surface area contributed by atoms with Crippen molar-refractivity contribution in [3.05, 3.63) is 0 Å². The molecule has 0 aromatic rings. The van der Waals surface area contributed by atoms with Gasteiger partial charge in [0.05, 0.1) is 12.7 Å². The summed E-state index contributed by atoms with van der Waals surface area (Å²) < 4.78 is 0. The van der Waals surface area contributed by atoms with Crippen LogP contribution in [-0.2, 0) is 0 Å². The Morgan fingerprint density at radius 2 is 0.895 bits per heavy atom. The summed E-state index contributed by atoms with van der Waals surface area (Å²) in [5, 5.41) is 26.5. The van der Waals surface area contributed by atoms with Gasteiger partial charge < -0.3 is 15.3 Å². The summed E-state index contributed by atoms with van der Waals surface area (Å²) in [6.45, 7) is 0.244. The third kappa shape index (κ3) is 15.8. The summed E-state index contributed by atoms with van der Waals surface area (Å²) >= 11 is 0. The van der Waals surface area contributed by atoms with Gasteiger partial charge in [-0.1, -0.05) is 70.6 Å². The van der Waals surface area contributed by atoms with Crippen LogP contribution in [0, 0.1) is 0 Å². The number of hydrogen-bond donors (Lipinski definition) is 3. The molecule has 3 N–H and O–H groups in total. The first-order valence-electron chi connectivity index (χ1n) is 8.21. The molecule has 1 atom stereocenters. The molecular weight excluding hydrogens is 240 g/mol. The Balaban J connectivity index is 2.95. The fourth-order valence-corrected chi connectivity index (χ4v) is 2.35. The van der Waals surface area contributed by atoms with Crippen molar-refractivity contribution in [2.24, 2.45) is 0 Å². The Bertz CT molecular complexity index is 162. The minimum absolute atomic E-state index is 0.0989. The lowest BCUT2D eigenvalue weighted by Gasteiger charge is -2.06. The number of aliphatic hydroxyl groups excluding tert-OH is 3. The van der Waals surface area contributed by atoms with Crippen LogP contribution in [-0.4, -0.2) is 34.6 Å². The zero-order valence-corrected chi connectivity index (χ0v) is 12.5. The molecule has 0 saturated heterocycles. The molecule has 0 unspecified atom stereocenters. The van der Waals surface area contributed by atoms with Crippen LogP contribution in [0.15, 0.2) is 0 Å². The van der Waals surface area contributed by atoms with Gasteiger partial charge in [0, 0.05) is 6.61 Å². The average Bonchev–Trinajstić information content (AvgIpc) is 2.43. The Morgan fingerprint density at radius 1 is 0.526 bits per heavy atom. The molecule has 0 rings (SSSR count). The monoisotopic (exact) mass is 274 g/mol. The second-order valence-corrected chi connectivity index (χ2v) is 5.59. The van der Waals surface area contributed by atoms with Crippen molar-refractivity contribution in [1.29, 1.82) is 0 Å². The number of unbranched alkanes of at least 4 members (excludes halogenated alkanes) is 11. The largest absolute Gasteiger partial charge is 0.396 e. The molecular formula is C16H34O3. The third-order valence-corrected chi connectivity index (χ3v) is 3.66. The quantitative estimate of drug-likeness (QED) is 0.401. The van der Waals surface area contributed by atoms with Gasteiger partial charge in [0.25, 0.3) is 0 Å². The van der Waals surface area contributed by atoms with E-state index in [-0.39, 0.29) is 6.61 Å². The van der Waals surface area contributed by atoms with Gasteiger partial charge in [-0.15, -0.1) is 0 Å². The fraction of sp³-hybridized carbons (Fsp3) is 1.00. The molecule has 0 aromatic heterocycles. The molecule has 0 radical (unpaired) electrons. The summed E-state index contributed by atoms with van der Waals surface area (Å²) in [7, 11) is 0. The average molecular weight is 274 g/mol. The minimum atomic E-state index is -0.508. The first kappa shape index (κ1) is 18.9. The third-order valence-electron chi connectivity index (χ3n) is 3.66. The van der Waals surface area contributed by atoms with E-state index in [0.29, 0.717) is 6.61 Å². The molecule has 0 saturated carbocycles. The van der Waals surface area contributed by atoms with Gasteiger partial charge in [0.1, 0.15) is 0 Å². The lowest BCUT2D eigenvalue weighted by Crippen LogP contribution is -2.10. The van der Waals surface area contributed by atoms with Crippen LogP contribution in [0.3, 0.4) is 0 Å². The van der Waals surface area contributed by atoms with E-state index >= 15 is 0 Å². The molecule has 0 aromatic carbocycles. The first-order valence-corrected chi connectivity index (χ1v) is 8.21. The van der Waals surface area contributed by atoms with Gasteiger partial charge in [-0.3, -0.25) is 0 Å². The molecule has 0 amide bonds. The Hall–Kier alpha value is -0.120. The topological polar surface area (TPSA) is 60.7 Å². The summed E-state index contributed by atoms with van der Waals surface area (Å²) in [5.74, 6) is 0. The highest BCUT2D eigenvalue weighted by Gasteiger charge is 2.00. The van der Waals surface area contributed by atoms with Crippen LogP contribution in [0.1, 0.15) is 83.5 Å². The van der Waals surface area contributed by atoms with Crippen molar-refractivity contribution in [3.63, 3.8) is 0 Å². The molecule has 116 valence electrons. The molecule has 0 aliphatic rings. The highest BCUT2D eigenvalue weighted by molar-refractivity contribution is 4.54. The van der Waals surface area contributed by atoms with Crippen molar-refractivity contribution >= 4 is 0 Å². The Morgan fingerprint density at radius 3 is 1.26 bits per heavy atom. The second kappa shape index (κ2) is 15.9.